The molecule has 0 saturated carbocycles. The van der Waals surface area contributed by atoms with Gasteiger partial charge in [-0.05, 0) is 43.5 Å². The van der Waals surface area contributed by atoms with Gasteiger partial charge in [-0.2, -0.15) is 4.37 Å². The minimum Gasteiger partial charge on any atom is -0.463 e. The molecular weight excluding hydrogens is 361 g/mol. The van der Waals surface area contributed by atoms with E-state index >= 15 is 0 Å². The zero-order valence-corrected chi connectivity index (χ0v) is 15.1. The van der Waals surface area contributed by atoms with E-state index in [9.17, 15) is 4.39 Å². The topological polar surface area (TPSA) is 38.3 Å². The Kier molecular flexibility index (Phi) is 4.89. The van der Waals surface area contributed by atoms with Crippen LogP contribution in [0.5, 0.6) is 5.88 Å². The lowest BCUT2D eigenvalue weighted by atomic mass is 9.89. The number of aromatic nitrogens is 2. The molecule has 4 rings (SSSR count). The molecule has 1 aromatic carbocycles. The Morgan fingerprint density at radius 1 is 1.32 bits per heavy atom. The molecule has 7 heteroatoms. The summed E-state index contributed by atoms with van der Waals surface area (Å²) in [6.45, 7) is 3.57. The first-order chi connectivity index (χ1) is 12.2. The van der Waals surface area contributed by atoms with Gasteiger partial charge in [-0.3, -0.25) is 0 Å². The predicted molar refractivity (Wildman–Crippen MR) is 95.6 cm³/mol. The summed E-state index contributed by atoms with van der Waals surface area (Å²) in [6.07, 6.45) is 2.51. The molecule has 2 aliphatic heterocycles. The second-order valence-electron chi connectivity index (χ2n) is 6.47. The summed E-state index contributed by atoms with van der Waals surface area (Å²) in [5.41, 5.74) is 1.50. The summed E-state index contributed by atoms with van der Waals surface area (Å²) < 4.78 is 27.8. The highest BCUT2D eigenvalue weighted by Crippen LogP contribution is 2.40. The monoisotopic (exact) mass is 377 g/mol. The van der Waals surface area contributed by atoms with Crippen LogP contribution in [0.4, 0.5) is 4.39 Å². The van der Waals surface area contributed by atoms with Gasteiger partial charge in [0.15, 0.2) is 6.61 Å². The molecule has 2 fully saturated rings. The van der Waals surface area contributed by atoms with E-state index in [4.69, 9.17) is 16.3 Å². The third kappa shape index (κ3) is 3.79. The minimum atomic E-state index is -0.397. The second-order valence-corrected chi connectivity index (χ2v) is 7.44. The molecule has 3 atom stereocenters. The number of piperidine rings is 1. The van der Waals surface area contributed by atoms with Crippen molar-refractivity contribution >= 4 is 23.3 Å². The van der Waals surface area contributed by atoms with Gasteiger partial charge in [-0.15, -0.1) is 4.37 Å². The van der Waals surface area contributed by atoms with Crippen molar-refractivity contribution in [2.24, 2.45) is 5.92 Å². The van der Waals surface area contributed by atoms with Crippen LogP contribution in [0.15, 0.2) is 18.2 Å². The summed E-state index contributed by atoms with van der Waals surface area (Å²) in [4.78, 5) is 2.50. The number of hydrogen-bond donors (Lipinski definition) is 0. The third-order valence-electron chi connectivity index (χ3n) is 4.78. The molecule has 2 aromatic rings. The van der Waals surface area contributed by atoms with Crippen LogP contribution >= 0.6 is 23.3 Å². The lowest BCUT2D eigenvalue weighted by Gasteiger charge is -2.21. The average molecular weight is 378 g/mol. The second kappa shape index (κ2) is 7.28. The van der Waals surface area contributed by atoms with Crippen LogP contribution in [-0.2, 0) is 0 Å². The van der Waals surface area contributed by atoms with Crippen LogP contribution in [0.2, 0.25) is 5.02 Å². The average Bonchev–Trinajstić information content (AvgIpc) is 3.14. The standard InChI is InChI=1S/C18H17ClFN3OS/c19-14-7-12(8-15(20)9-14)3-2-6-24-18-17(21-25-22-18)16-11-23-5-1-4-13(16)10-23/h7-9,13,16H,1,4-6,10-11H2/t13-,16-/m0/s1. The Morgan fingerprint density at radius 3 is 3.08 bits per heavy atom. The van der Waals surface area contributed by atoms with E-state index in [-0.39, 0.29) is 6.61 Å². The number of ether oxygens (including phenoxy) is 1. The molecule has 0 aliphatic carbocycles. The molecule has 2 saturated heterocycles. The molecule has 3 heterocycles. The van der Waals surface area contributed by atoms with Crippen LogP contribution in [0.3, 0.4) is 0 Å². The summed E-state index contributed by atoms with van der Waals surface area (Å²) in [5, 5.41) is 0.332. The van der Waals surface area contributed by atoms with Gasteiger partial charge >= 0.3 is 0 Å². The summed E-state index contributed by atoms with van der Waals surface area (Å²) in [7, 11) is 0. The highest BCUT2D eigenvalue weighted by atomic mass is 35.5. The first-order valence-corrected chi connectivity index (χ1v) is 9.42. The van der Waals surface area contributed by atoms with Crippen LogP contribution in [0, 0.1) is 23.6 Å². The first kappa shape index (κ1) is 16.8. The maximum absolute atomic E-state index is 13.3. The van der Waals surface area contributed by atoms with Crippen molar-refractivity contribution in [3.05, 3.63) is 40.3 Å². The first-order valence-electron chi connectivity index (χ1n) is 8.31. The van der Waals surface area contributed by atoms with Gasteiger partial charge in [-0.25, -0.2) is 4.39 Å². The predicted octanol–water partition coefficient (Wildman–Crippen LogP) is 3.57. The lowest BCUT2D eigenvalue weighted by molar-refractivity contribution is 0.269. The number of benzene rings is 1. The molecule has 1 aromatic heterocycles. The summed E-state index contributed by atoms with van der Waals surface area (Å²) >= 11 is 7.01. The van der Waals surface area contributed by atoms with Crippen molar-refractivity contribution in [3.63, 3.8) is 0 Å². The van der Waals surface area contributed by atoms with Crippen molar-refractivity contribution in [1.29, 1.82) is 0 Å². The molecule has 2 bridgehead atoms. The van der Waals surface area contributed by atoms with Crippen LogP contribution < -0.4 is 4.74 Å². The summed E-state index contributed by atoms with van der Waals surface area (Å²) in [6, 6.07) is 4.23. The molecule has 2 aliphatic rings. The Morgan fingerprint density at radius 2 is 2.24 bits per heavy atom. The van der Waals surface area contributed by atoms with Gasteiger partial charge in [-0.1, -0.05) is 23.4 Å². The maximum Gasteiger partial charge on any atom is 0.250 e. The molecule has 0 spiro atoms. The number of nitrogens with zero attached hydrogens (tertiary/aromatic N) is 3. The van der Waals surface area contributed by atoms with Crippen LogP contribution in [0.25, 0.3) is 0 Å². The smallest absolute Gasteiger partial charge is 0.250 e. The lowest BCUT2D eigenvalue weighted by Crippen LogP contribution is -2.25. The van der Waals surface area contributed by atoms with Gasteiger partial charge < -0.3 is 9.64 Å². The molecule has 0 amide bonds. The molecule has 25 heavy (non-hydrogen) atoms. The van der Waals surface area contributed by atoms with E-state index in [0.717, 1.165) is 18.8 Å². The van der Waals surface area contributed by atoms with E-state index in [0.29, 0.717) is 28.3 Å². The molecule has 1 unspecified atom stereocenters. The fraction of sp³-hybridized carbons (Fsp3) is 0.444. The Labute approximate surface area is 155 Å². The summed E-state index contributed by atoms with van der Waals surface area (Å²) in [5.74, 6) is 7.01. The van der Waals surface area contributed by atoms with Crippen molar-refractivity contribution in [2.45, 2.75) is 18.8 Å². The van der Waals surface area contributed by atoms with Gasteiger partial charge in [0.1, 0.15) is 11.5 Å². The Bertz CT molecular complexity index is 811. The SMILES string of the molecule is Fc1cc(Cl)cc(C#CCOc2nsnc2[C@H]2CN3CCC[C@H]2C3)c1. The Balaban J connectivity index is 1.41. The molecule has 130 valence electrons. The van der Waals surface area contributed by atoms with E-state index in [2.05, 4.69) is 25.5 Å². The Hall–Kier alpha value is -1.68. The van der Waals surface area contributed by atoms with E-state index in [1.165, 1.54) is 43.2 Å². The fourth-order valence-corrected chi connectivity index (χ4v) is 4.49. The van der Waals surface area contributed by atoms with Crippen molar-refractivity contribution in [2.75, 3.05) is 26.2 Å². The van der Waals surface area contributed by atoms with Gasteiger partial charge in [0.25, 0.3) is 0 Å². The molecular formula is C18H17ClFN3OS. The third-order valence-corrected chi connectivity index (χ3v) is 5.52. The van der Waals surface area contributed by atoms with Crippen molar-refractivity contribution in [3.8, 4) is 17.7 Å². The van der Waals surface area contributed by atoms with Crippen LogP contribution in [0.1, 0.15) is 30.0 Å². The van der Waals surface area contributed by atoms with Gasteiger partial charge in [0.05, 0.1) is 11.7 Å². The van der Waals surface area contributed by atoms with E-state index in [1.54, 1.807) is 6.07 Å². The van der Waals surface area contributed by atoms with Crippen molar-refractivity contribution in [1.82, 2.24) is 13.6 Å². The fourth-order valence-electron chi connectivity index (χ4n) is 3.70. The van der Waals surface area contributed by atoms with E-state index < -0.39 is 5.82 Å². The zero-order valence-electron chi connectivity index (χ0n) is 13.5. The highest BCUT2D eigenvalue weighted by Gasteiger charge is 2.39. The quantitative estimate of drug-likeness (QED) is 0.766. The number of halogens is 2. The molecule has 0 N–H and O–H groups in total. The zero-order chi connectivity index (χ0) is 17.2. The highest BCUT2D eigenvalue weighted by molar-refractivity contribution is 6.99. The largest absolute Gasteiger partial charge is 0.463 e. The van der Waals surface area contributed by atoms with Crippen LogP contribution in [-0.4, -0.2) is 39.9 Å². The number of hydrogen-bond acceptors (Lipinski definition) is 5. The molecule has 0 radical (unpaired) electrons. The number of rotatable bonds is 3. The van der Waals surface area contributed by atoms with Gasteiger partial charge in [0, 0.05) is 29.6 Å². The number of fused-ring (bicyclic) bond motifs is 2. The normalized spacial score (nSPS) is 24.6. The molecule has 4 nitrogen and oxygen atoms in total. The van der Waals surface area contributed by atoms with Crippen molar-refractivity contribution < 1.29 is 9.13 Å². The minimum absolute atomic E-state index is 0.188. The van der Waals surface area contributed by atoms with Gasteiger partial charge in [0.2, 0.25) is 5.88 Å². The van der Waals surface area contributed by atoms with E-state index in [1.807, 2.05) is 0 Å². The maximum atomic E-state index is 13.3.